The highest BCUT2D eigenvalue weighted by Gasteiger charge is 2.10. The van der Waals surface area contributed by atoms with Crippen LogP contribution < -0.4 is 10.1 Å². The molecule has 1 N–H and O–H groups in total. The molecule has 0 fully saturated rings. The second-order valence-electron chi connectivity index (χ2n) is 6.16. The third-order valence-corrected chi connectivity index (χ3v) is 3.16. The number of nitrogens with one attached hydrogen (secondary N) is 1. The first-order chi connectivity index (χ1) is 8.78. The van der Waals surface area contributed by atoms with E-state index in [1.165, 1.54) is 0 Å². The van der Waals surface area contributed by atoms with E-state index in [4.69, 9.17) is 16.3 Å². The van der Waals surface area contributed by atoms with Gasteiger partial charge in [-0.05, 0) is 71.7 Å². The van der Waals surface area contributed by atoms with Gasteiger partial charge in [0.1, 0.15) is 5.75 Å². The Kier molecular flexibility index (Phi) is 6.15. The van der Waals surface area contributed by atoms with Crippen molar-refractivity contribution in [3.8, 4) is 5.75 Å². The first-order valence-electron chi connectivity index (χ1n) is 6.96. The lowest BCUT2D eigenvalue weighted by atomic mass is 10.1. The van der Waals surface area contributed by atoms with Crippen molar-refractivity contribution in [2.45, 2.75) is 59.1 Å². The van der Waals surface area contributed by atoms with Gasteiger partial charge in [-0.15, -0.1) is 0 Å². The highest BCUT2D eigenvalue weighted by molar-refractivity contribution is 6.30. The van der Waals surface area contributed by atoms with Crippen LogP contribution in [0.5, 0.6) is 5.75 Å². The smallest absolute Gasteiger partial charge is 0.124 e. The van der Waals surface area contributed by atoms with Gasteiger partial charge >= 0.3 is 0 Å². The Hall–Kier alpha value is -0.730. The molecule has 1 rings (SSSR count). The maximum Gasteiger partial charge on any atom is 0.124 e. The van der Waals surface area contributed by atoms with E-state index in [0.29, 0.717) is 0 Å². The van der Waals surface area contributed by atoms with Crippen LogP contribution in [0.1, 0.15) is 46.1 Å². The normalized spacial score (nSPS) is 13.4. The van der Waals surface area contributed by atoms with Gasteiger partial charge in [0.15, 0.2) is 0 Å². The molecule has 3 heteroatoms. The molecule has 1 unspecified atom stereocenters. The minimum atomic E-state index is 0.188. The van der Waals surface area contributed by atoms with Gasteiger partial charge in [-0.2, -0.15) is 0 Å². The van der Waals surface area contributed by atoms with Crippen molar-refractivity contribution in [1.82, 2.24) is 5.32 Å². The largest absolute Gasteiger partial charge is 0.490 e. The summed E-state index contributed by atoms with van der Waals surface area (Å²) < 4.78 is 5.95. The van der Waals surface area contributed by atoms with Crippen LogP contribution in [0, 0.1) is 6.92 Å². The third kappa shape index (κ3) is 6.84. The first-order valence-corrected chi connectivity index (χ1v) is 7.33. The van der Waals surface area contributed by atoms with Gasteiger partial charge in [0.05, 0.1) is 6.10 Å². The Morgan fingerprint density at radius 1 is 1.32 bits per heavy atom. The molecular weight excluding hydrogens is 258 g/mol. The van der Waals surface area contributed by atoms with Crippen molar-refractivity contribution in [2.24, 2.45) is 0 Å². The zero-order valence-electron chi connectivity index (χ0n) is 12.7. The quantitative estimate of drug-likeness (QED) is 0.772. The second-order valence-corrected chi connectivity index (χ2v) is 6.59. The zero-order valence-corrected chi connectivity index (χ0v) is 13.5. The monoisotopic (exact) mass is 283 g/mol. The lowest BCUT2D eigenvalue weighted by Gasteiger charge is -2.21. The molecule has 108 valence electrons. The predicted octanol–water partition coefficient (Wildman–Crippen LogP) is 4.58. The molecule has 0 bridgehead atoms. The highest BCUT2D eigenvalue weighted by Crippen LogP contribution is 2.24. The Balaban J connectivity index is 2.35. The predicted molar refractivity (Wildman–Crippen MR) is 83.3 cm³/mol. The molecule has 0 heterocycles. The first kappa shape index (κ1) is 16.3. The fourth-order valence-corrected chi connectivity index (χ4v) is 1.99. The van der Waals surface area contributed by atoms with Crippen LogP contribution in [0.3, 0.4) is 0 Å². The van der Waals surface area contributed by atoms with E-state index >= 15 is 0 Å². The molecule has 0 aliphatic heterocycles. The van der Waals surface area contributed by atoms with Crippen molar-refractivity contribution in [3.05, 3.63) is 28.8 Å². The van der Waals surface area contributed by atoms with E-state index in [-0.39, 0.29) is 11.6 Å². The topological polar surface area (TPSA) is 21.3 Å². The van der Waals surface area contributed by atoms with Crippen LogP contribution in [0.15, 0.2) is 18.2 Å². The fraction of sp³-hybridized carbons (Fsp3) is 0.625. The summed E-state index contributed by atoms with van der Waals surface area (Å²) in [6, 6.07) is 5.77. The van der Waals surface area contributed by atoms with Crippen molar-refractivity contribution >= 4 is 11.6 Å². The van der Waals surface area contributed by atoms with Crippen LogP contribution in [-0.2, 0) is 0 Å². The number of halogens is 1. The van der Waals surface area contributed by atoms with Crippen molar-refractivity contribution in [1.29, 1.82) is 0 Å². The highest BCUT2D eigenvalue weighted by atomic mass is 35.5. The summed E-state index contributed by atoms with van der Waals surface area (Å²) in [5.41, 5.74) is 1.32. The summed E-state index contributed by atoms with van der Waals surface area (Å²) in [7, 11) is 0. The Morgan fingerprint density at radius 2 is 2.00 bits per heavy atom. The molecule has 0 aliphatic carbocycles. The van der Waals surface area contributed by atoms with Crippen LogP contribution in [0.4, 0.5) is 0 Å². The lowest BCUT2D eigenvalue weighted by Crippen LogP contribution is -2.36. The summed E-state index contributed by atoms with van der Waals surface area (Å²) >= 11 is 5.99. The molecule has 0 aliphatic rings. The molecule has 0 saturated carbocycles. The van der Waals surface area contributed by atoms with E-state index in [0.717, 1.165) is 35.7 Å². The Bertz CT molecular complexity index is 398. The van der Waals surface area contributed by atoms with Crippen molar-refractivity contribution in [2.75, 3.05) is 6.54 Å². The number of hydrogen-bond donors (Lipinski definition) is 1. The van der Waals surface area contributed by atoms with E-state index in [1.54, 1.807) is 0 Å². The lowest BCUT2D eigenvalue weighted by molar-refractivity contribution is 0.204. The van der Waals surface area contributed by atoms with Crippen LogP contribution in [-0.4, -0.2) is 18.2 Å². The molecule has 1 atom stereocenters. The maximum atomic E-state index is 5.99. The molecule has 0 spiro atoms. The van der Waals surface area contributed by atoms with E-state index in [9.17, 15) is 0 Å². The Labute approximate surface area is 122 Å². The van der Waals surface area contributed by atoms with Gasteiger partial charge in [0.2, 0.25) is 0 Å². The standard InChI is InChI=1S/C16H26ClNO/c1-12-8-9-14(17)11-15(12)19-13(2)7-6-10-18-16(3,4)5/h8-9,11,13,18H,6-7,10H2,1-5H3. The molecule has 0 amide bonds. The number of hydrogen-bond acceptors (Lipinski definition) is 2. The molecule has 2 nitrogen and oxygen atoms in total. The molecular formula is C16H26ClNO. The van der Waals surface area contributed by atoms with Crippen LogP contribution >= 0.6 is 11.6 Å². The molecule has 0 saturated heterocycles. The summed E-state index contributed by atoms with van der Waals surface area (Å²) in [6.07, 6.45) is 2.35. The molecule has 0 radical (unpaired) electrons. The molecule has 0 aromatic heterocycles. The second kappa shape index (κ2) is 7.16. The molecule has 19 heavy (non-hydrogen) atoms. The van der Waals surface area contributed by atoms with E-state index < -0.39 is 0 Å². The number of benzene rings is 1. The third-order valence-electron chi connectivity index (χ3n) is 2.92. The fourth-order valence-electron chi connectivity index (χ4n) is 1.83. The van der Waals surface area contributed by atoms with Gasteiger partial charge in [-0.3, -0.25) is 0 Å². The minimum Gasteiger partial charge on any atom is -0.490 e. The average Bonchev–Trinajstić information content (AvgIpc) is 2.28. The van der Waals surface area contributed by atoms with Crippen LogP contribution in [0.25, 0.3) is 0 Å². The van der Waals surface area contributed by atoms with Gasteiger partial charge in [-0.25, -0.2) is 0 Å². The van der Waals surface area contributed by atoms with Crippen LogP contribution in [0.2, 0.25) is 5.02 Å². The van der Waals surface area contributed by atoms with Gasteiger partial charge < -0.3 is 10.1 Å². The maximum absolute atomic E-state index is 5.99. The van der Waals surface area contributed by atoms with Crippen molar-refractivity contribution in [3.63, 3.8) is 0 Å². The van der Waals surface area contributed by atoms with E-state index in [1.807, 2.05) is 25.1 Å². The SMILES string of the molecule is Cc1ccc(Cl)cc1OC(C)CCCNC(C)(C)C. The summed E-state index contributed by atoms with van der Waals surface area (Å²) in [5, 5.41) is 4.21. The summed E-state index contributed by atoms with van der Waals surface area (Å²) in [6.45, 7) is 11.7. The summed E-state index contributed by atoms with van der Waals surface area (Å²) in [4.78, 5) is 0. The molecule has 1 aromatic rings. The van der Waals surface area contributed by atoms with Gasteiger partial charge in [-0.1, -0.05) is 17.7 Å². The summed E-state index contributed by atoms with van der Waals surface area (Å²) in [5.74, 6) is 0.892. The average molecular weight is 284 g/mol. The van der Waals surface area contributed by atoms with Gasteiger partial charge in [0.25, 0.3) is 0 Å². The minimum absolute atomic E-state index is 0.188. The Morgan fingerprint density at radius 3 is 2.63 bits per heavy atom. The van der Waals surface area contributed by atoms with E-state index in [2.05, 4.69) is 33.0 Å². The number of rotatable bonds is 6. The molecule has 1 aromatic carbocycles. The number of aryl methyl sites for hydroxylation is 1. The number of ether oxygens (including phenoxy) is 1. The van der Waals surface area contributed by atoms with Gasteiger partial charge in [0, 0.05) is 10.6 Å². The van der Waals surface area contributed by atoms with Crippen molar-refractivity contribution < 1.29 is 4.74 Å². The zero-order chi connectivity index (χ0) is 14.5.